The molecule has 0 fully saturated rings. The van der Waals surface area contributed by atoms with Gasteiger partial charge in [-0.3, -0.25) is 14.9 Å². The molecule has 0 unspecified atom stereocenters. The van der Waals surface area contributed by atoms with Crippen LogP contribution in [0.5, 0.6) is 0 Å². The normalized spacial score (nSPS) is 11.2. The number of rotatable bonds is 5. The third kappa shape index (κ3) is 4.05. The van der Waals surface area contributed by atoms with Crippen molar-refractivity contribution in [2.75, 3.05) is 13.1 Å². The molecule has 20 heavy (non-hydrogen) atoms. The van der Waals surface area contributed by atoms with Gasteiger partial charge in [-0.05, 0) is 6.92 Å². The van der Waals surface area contributed by atoms with Gasteiger partial charge < -0.3 is 4.90 Å². The molecule has 0 spiro atoms. The second kappa shape index (κ2) is 6.04. The predicted molar refractivity (Wildman–Crippen MR) is 67.9 cm³/mol. The van der Waals surface area contributed by atoms with Crippen molar-refractivity contribution in [2.24, 2.45) is 0 Å². The molecule has 110 valence electrons. The molecule has 0 bridgehead atoms. The molecule has 1 heterocycles. The number of carbonyl (C=O) groups excluding carboxylic acids is 1. The summed E-state index contributed by atoms with van der Waals surface area (Å²) in [7, 11) is 0. The van der Waals surface area contributed by atoms with E-state index in [1.165, 1.54) is 13.0 Å². The third-order valence-corrected chi connectivity index (χ3v) is 3.33. The van der Waals surface area contributed by atoms with Gasteiger partial charge in [-0.25, -0.2) is 0 Å². The SMILES string of the molecule is C=CCN(CC(F)(F)F)C(=O)c1cc([N+](=O)[O-])c(C)s1. The van der Waals surface area contributed by atoms with Crippen LogP contribution in [-0.2, 0) is 0 Å². The lowest BCUT2D eigenvalue weighted by atomic mass is 10.3. The van der Waals surface area contributed by atoms with Gasteiger partial charge in [0, 0.05) is 12.6 Å². The molecule has 0 N–H and O–H groups in total. The summed E-state index contributed by atoms with van der Waals surface area (Å²) in [6.45, 7) is 3.01. The van der Waals surface area contributed by atoms with Crippen LogP contribution >= 0.6 is 11.3 Å². The first-order valence-electron chi connectivity index (χ1n) is 5.37. The monoisotopic (exact) mass is 308 g/mol. The average Bonchev–Trinajstić information content (AvgIpc) is 2.68. The summed E-state index contributed by atoms with van der Waals surface area (Å²) in [5.74, 6) is -0.900. The number of alkyl halides is 3. The zero-order valence-corrected chi connectivity index (χ0v) is 11.3. The Bertz CT molecular complexity index is 540. The van der Waals surface area contributed by atoms with E-state index in [-0.39, 0.29) is 22.0 Å². The molecule has 0 aliphatic heterocycles. The van der Waals surface area contributed by atoms with Crippen LogP contribution < -0.4 is 0 Å². The van der Waals surface area contributed by atoms with Crippen molar-refractivity contribution in [1.29, 1.82) is 0 Å². The van der Waals surface area contributed by atoms with Crippen LogP contribution in [0.4, 0.5) is 18.9 Å². The molecular weight excluding hydrogens is 297 g/mol. The molecule has 0 aromatic carbocycles. The quantitative estimate of drug-likeness (QED) is 0.477. The van der Waals surface area contributed by atoms with Crippen molar-refractivity contribution in [3.63, 3.8) is 0 Å². The molecule has 5 nitrogen and oxygen atoms in total. The topological polar surface area (TPSA) is 63.5 Å². The number of hydrogen-bond donors (Lipinski definition) is 0. The van der Waals surface area contributed by atoms with E-state index in [0.29, 0.717) is 4.90 Å². The van der Waals surface area contributed by atoms with Crippen molar-refractivity contribution in [1.82, 2.24) is 4.90 Å². The van der Waals surface area contributed by atoms with Crippen LogP contribution in [0.2, 0.25) is 0 Å². The van der Waals surface area contributed by atoms with Crippen molar-refractivity contribution < 1.29 is 22.9 Å². The van der Waals surface area contributed by atoms with Crippen molar-refractivity contribution in [3.8, 4) is 0 Å². The van der Waals surface area contributed by atoms with Gasteiger partial charge in [0.2, 0.25) is 0 Å². The Hall–Kier alpha value is -1.90. The van der Waals surface area contributed by atoms with E-state index >= 15 is 0 Å². The van der Waals surface area contributed by atoms with Gasteiger partial charge in [0.05, 0.1) is 14.7 Å². The highest BCUT2D eigenvalue weighted by Crippen LogP contribution is 2.29. The summed E-state index contributed by atoms with van der Waals surface area (Å²) in [5.41, 5.74) is -0.274. The number of hydrogen-bond acceptors (Lipinski definition) is 4. The molecule has 0 atom stereocenters. The number of halogens is 3. The standard InChI is InChI=1S/C11H11F3N2O3S/c1-3-4-15(6-11(12,13)14)10(17)9-5-8(16(18)19)7(2)20-9/h3,5H,1,4,6H2,2H3. The number of nitro groups is 1. The zero-order chi connectivity index (χ0) is 15.5. The van der Waals surface area contributed by atoms with Gasteiger partial charge >= 0.3 is 6.18 Å². The van der Waals surface area contributed by atoms with E-state index in [0.717, 1.165) is 17.4 Å². The Labute approximate surface area is 116 Å². The first kappa shape index (κ1) is 16.2. The number of carbonyl (C=O) groups is 1. The molecule has 0 radical (unpaired) electrons. The van der Waals surface area contributed by atoms with E-state index in [4.69, 9.17) is 0 Å². The highest BCUT2D eigenvalue weighted by atomic mass is 32.1. The Morgan fingerprint density at radius 3 is 2.60 bits per heavy atom. The highest BCUT2D eigenvalue weighted by molar-refractivity contribution is 7.14. The third-order valence-electron chi connectivity index (χ3n) is 2.31. The van der Waals surface area contributed by atoms with E-state index < -0.39 is 23.6 Å². The van der Waals surface area contributed by atoms with Crippen LogP contribution in [0.3, 0.4) is 0 Å². The van der Waals surface area contributed by atoms with Crippen LogP contribution in [-0.4, -0.2) is 35.0 Å². The van der Waals surface area contributed by atoms with Gasteiger partial charge in [0.15, 0.2) is 0 Å². The lowest BCUT2D eigenvalue weighted by Crippen LogP contribution is -2.38. The highest BCUT2D eigenvalue weighted by Gasteiger charge is 2.34. The van der Waals surface area contributed by atoms with Crippen molar-refractivity contribution in [3.05, 3.63) is 38.6 Å². The van der Waals surface area contributed by atoms with Gasteiger partial charge in [-0.15, -0.1) is 17.9 Å². The number of nitrogens with zero attached hydrogens (tertiary/aromatic N) is 2. The molecule has 0 saturated carbocycles. The molecule has 0 aliphatic rings. The first-order valence-corrected chi connectivity index (χ1v) is 6.19. The summed E-state index contributed by atoms with van der Waals surface area (Å²) < 4.78 is 37.2. The number of aryl methyl sites for hydroxylation is 1. The summed E-state index contributed by atoms with van der Waals surface area (Å²) in [4.78, 5) is 22.7. The molecule has 1 aromatic heterocycles. The van der Waals surface area contributed by atoms with Crippen LogP contribution in [0.25, 0.3) is 0 Å². The second-order valence-corrected chi connectivity index (χ2v) is 5.16. The molecule has 1 aromatic rings. The zero-order valence-electron chi connectivity index (χ0n) is 10.4. The smallest absolute Gasteiger partial charge is 0.325 e. The van der Waals surface area contributed by atoms with E-state index in [1.807, 2.05) is 0 Å². The second-order valence-electron chi connectivity index (χ2n) is 3.90. The van der Waals surface area contributed by atoms with E-state index in [1.54, 1.807) is 0 Å². The minimum Gasteiger partial charge on any atom is -0.325 e. The van der Waals surface area contributed by atoms with Gasteiger partial charge in [-0.2, -0.15) is 13.2 Å². The summed E-state index contributed by atoms with van der Waals surface area (Å²) >= 11 is 0.796. The Morgan fingerprint density at radius 1 is 1.60 bits per heavy atom. The fraction of sp³-hybridized carbons (Fsp3) is 0.364. The summed E-state index contributed by atoms with van der Waals surface area (Å²) in [6, 6.07) is 0.995. The van der Waals surface area contributed by atoms with Crippen LogP contribution in [0, 0.1) is 17.0 Å². The molecule has 1 rings (SSSR count). The van der Waals surface area contributed by atoms with Gasteiger partial charge in [0.1, 0.15) is 6.54 Å². The average molecular weight is 308 g/mol. The maximum absolute atomic E-state index is 12.4. The van der Waals surface area contributed by atoms with E-state index in [9.17, 15) is 28.1 Å². The molecular formula is C11H11F3N2O3S. The summed E-state index contributed by atoms with van der Waals surface area (Å²) in [5, 5.41) is 10.7. The van der Waals surface area contributed by atoms with Crippen molar-refractivity contribution in [2.45, 2.75) is 13.1 Å². The summed E-state index contributed by atoms with van der Waals surface area (Å²) in [6.07, 6.45) is -3.38. The molecule has 1 amide bonds. The maximum Gasteiger partial charge on any atom is 0.406 e. The maximum atomic E-state index is 12.4. The number of amides is 1. The Balaban J connectivity index is 3.03. The Morgan fingerprint density at radius 2 is 2.20 bits per heavy atom. The molecule has 0 aliphatic carbocycles. The van der Waals surface area contributed by atoms with Gasteiger partial charge in [0.25, 0.3) is 11.6 Å². The lowest BCUT2D eigenvalue weighted by molar-refractivity contribution is -0.385. The van der Waals surface area contributed by atoms with Crippen LogP contribution in [0.1, 0.15) is 14.5 Å². The molecule has 9 heteroatoms. The fourth-order valence-electron chi connectivity index (χ4n) is 1.51. The fourth-order valence-corrected chi connectivity index (χ4v) is 2.46. The molecule has 0 saturated heterocycles. The van der Waals surface area contributed by atoms with Crippen LogP contribution in [0.15, 0.2) is 18.7 Å². The minimum absolute atomic E-state index is 0.0969. The Kier molecular flexibility index (Phi) is 4.88. The minimum atomic E-state index is -4.54. The largest absolute Gasteiger partial charge is 0.406 e. The first-order chi connectivity index (χ1) is 9.15. The van der Waals surface area contributed by atoms with Crippen molar-refractivity contribution >= 4 is 22.9 Å². The van der Waals surface area contributed by atoms with Gasteiger partial charge in [-0.1, -0.05) is 6.08 Å². The predicted octanol–water partition coefficient (Wildman–Crippen LogP) is 3.16. The number of thiophene rings is 1. The lowest BCUT2D eigenvalue weighted by Gasteiger charge is -2.21. The van der Waals surface area contributed by atoms with E-state index in [2.05, 4.69) is 6.58 Å².